The van der Waals surface area contributed by atoms with Crippen molar-refractivity contribution in [1.29, 1.82) is 0 Å². The van der Waals surface area contributed by atoms with E-state index in [0.717, 1.165) is 18.4 Å². The standard InChI is InChI=1S/C26H22F3N5O2S2/c1-38(35,36)32-18-10-12-19(13-11-18)34-24(23(31-25(34)37)21-8-2-3-14-30-21)22-9-5-15-33(22)20-7-4-6-17(16-20)26(27,28)29/h2-16,23-24,32H,1H3,(H,31,37)/t23-,24+/m0/s1. The highest BCUT2D eigenvalue weighted by molar-refractivity contribution is 7.92. The Morgan fingerprint density at radius 1 is 0.974 bits per heavy atom. The maximum absolute atomic E-state index is 13.5. The van der Waals surface area contributed by atoms with Crippen LogP contribution in [-0.2, 0) is 16.2 Å². The highest BCUT2D eigenvalue weighted by atomic mass is 32.2. The molecule has 2 atom stereocenters. The van der Waals surface area contributed by atoms with E-state index in [1.807, 2.05) is 23.1 Å². The highest BCUT2D eigenvalue weighted by Crippen LogP contribution is 2.42. The first-order valence-corrected chi connectivity index (χ1v) is 13.7. The number of halogens is 3. The van der Waals surface area contributed by atoms with E-state index in [9.17, 15) is 21.6 Å². The molecule has 0 unspecified atom stereocenters. The molecule has 2 aromatic carbocycles. The number of sulfonamides is 1. The summed E-state index contributed by atoms with van der Waals surface area (Å²) in [5.41, 5.74) is 2.05. The van der Waals surface area contributed by atoms with E-state index < -0.39 is 33.8 Å². The second-order valence-corrected chi connectivity index (χ2v) is 10.9. The fraction of sp³-hybridized carbons (Fsp3) is 0.154. The molecule has 2 aromatic heterocycles. The molecular formula is C26H22F3N5O2S2. The van der Waals surface area contributed by atoms with Crippen LogP contribution in [0.3, 0.4) is 0 Å². The van der Waals surface area contributed by atoms with Crippen molar-refractivity contribution in [2.24, 2.45) is 0 Å². The molecule has 1 aliphatic heterocycles. The van der Waals surface area contributed by atoms with Gasteiger partial charge < -0.3 is 14.8 Å². The molecule has 1 aliphatic rings. The van der Waals surface area contributed by atoms with Crippen LogP contribution in [-0.4, -0.2) is 29.3 Å². The predicted molar refractivity (Wildman–Crippen MR) is 144 cm³/mol. The molecule has 0 amide bonds. The fourth-order valence-electron chi connectivity index (χ4n) is 4.54. The summed E-state index contributed by atoms with van der Waals surface area (Å²) >= 11 is 5.72. The van der Waals surface area contributed by atoms with E-state index in [1.54, 1.807) is 59.4 Å². The molecule has 12 heteroatoms. The summed E-state index contributed by atoms with van der Waals surface area (Å²) in [5.74, 6) is 0. The molecule has 0 bridgehead atoms. The average Bonchev–Trinajstić information content (AvgIpc) is 3.48. The minimum atomic E-state index is -4.48. The van der Waals surface area contributed by atoms with Crippen LogP contribution in [0.5, 0.6) is 0 Å². The lowest BCUT2D eigenvalue weighted by molar-refractivity contribution is -0.137. The Hall–Kier alpha value is -3.90. The number of nitrogens with zero attached hydrogens (tertiary/aromatic N) is 3. The lowest BCUT2D eigenvalue weighted by Gasteiger charge is -2.29. The first-order chi connectivity index (χ1) is 18.0. The summed E-state index contributed by atoms with van der Waals surface area (Å²) in [5, 5.41) is 3.71. The molecule has 2 N–H and O–H groups in total. The molecule has 1 fully saturated rings. The zero-order valence-corrected chi connectivity index (χ0v) is 21.6. The Balaban J connectivity index is 1.61. The van der Waals surface area contributed by atoms with Crippen molar-refractivity contribution in [1.82, 2.24) is 14.9 Å². The van der Waals surface area contributed by atoms with E-state index >= 15 is 0 Å². The largest absolute Gasteiger partial charge is 0.416 e. The lowest BCUT2D eigenvalue weighted by Crippen LogP contribution is -2.30. The summed E-state index contributed by atoms with van der Waals surface area (Å²) in [6, 6.07) is 20.0. The van der Waals surface area contributed by atoms with Gasteiger partial charge in [0, 0.05) is 35.1 Å². The predicted octanol–water partition coefficient (Wildman–Crippen LogP) is 5.44. The van der Waals surface area contributed by atoms with Crippen LogP contribution in [0.15, 0.2) is 91.3 Å². The van der Waals surface area contributed by atoms with Crippen LogP contribution >= 0.6 is 12.2 Å². The summed E-state index contributed by atoms with van der Waals surface area (Å²) < 4.78 is 67.8. The molecule has 3 heterocycles. The Morgan fingerprint density at radius 3 is 2.39 bits per heavy atom. The first-order valence-electron chi connectivity index (χ1n) is 11.4. The van der Waals surface area contributed by atoms with E-state index in [2.05, 4.69) is 15.0 Å². The summed E-state index contributed by atoms with van der Waals surface area (Å²) in [7, 11) is -3.45. The van der Waals surface area contributed by atoms with Gasteiger partial charge in [0.2, 0.25) is 10.0 Å². The van der Waals surface area contributed by atoms with E-state index in [-0.39, 0.29) is 0 Å². The van der Waals surface area contributed by atoms with E-state index in [4.69, 9.17) is 12.2 Å². The Kier molecular flexibility index (Phi) is 6.61. The van der Waals surface area contributed by atoms with Gasteiger partial charge in [-0.1, -0.05) is 12.1 Å². The number of thiocarbonyl (C=S) groups is 1. The lowest BCUT2D eigenvalue weighted by atomic mass is 10.0. The molecule has 0 aliphatic carbocycles. The molecule has 0 spiro atoms. The van der Waals surface area contributed by atoms with Crippen molar-refractivity contribution in [3.8, 4) is 5.69 Å². The van der Waals surface area contributed by atoms with Crippen molar-refractivity contribution in [3.05, 3.63) is 108 Å². The Morgan fingerprint density at radius 2 is 1.74 bits per heavy atom. The molecule has 196 valence electrons. The molecule has 5 rings (SSSR count). The maximum atomic E-state index is 13.5. The second kappa shape index (κ2) is 9.76. The topological polar surface area (TPSA) is 79.3 Å². The molecule has 0 radical (unpaired) electrons. The maximum Gasteiger partial charge on any atom is 0.416 e. The van der Waals surface area contributed by atoms with Gasteiger partial charge in [-0.15, -0.1) is 0 Å². The van der Waals surface area contributed by atoms with Crippen LogP contribution in [0, 0.1) is 0 Å². The van der Waals surface area contributed by atoms with Crippen molar-refractivity contribution >= 4 is 38.7 Å². The second-order valence-electron chi connectivity index (χ2n) is 8.77. The summed E-state index contributed by atoms with van der Waals surface area (Å²) in [6.45, 7) is 0. The number of alkyl halides is 3. The normalized spacial score (nSPS) is 17.9. The molecular weight excluding hydrogens is 535 g/mol. The number of benzene rings is 2. The fourth-order valence-corrected chi connectivity index (χ4v) is 5.45. The van der Waals surface area contributed by atoms with E-state index in [1.165, 1.54) is 6.07 Å². The number of aromatic nitrogens is 2. The number of anilines is 2. The molecule has 7 nitrogen and oxygen atoms in total. The van der Waals surface area contributed by atoms with Crippen LogP contribution in [0.2, 0.25) is 0 Å². The van der Waals surface area contributed by atoms with Gasteiger partial charge in [-0.3, -0.25) is 9.71 Å². The summed E-state index contributed by atoms with van der Waals surface area (Å²) in [4.78, 5) is 6.36. The van der Waals surface area contributed by atoms with Crippen LogP contribution in [0.4, 0.5) is 24.5 Å². The Labute approximate surface area is 223 Å². The van der Waals surface area contributed by atoms with Crippen molar-refractivity contribution in [3.63, 3.8) is 0 Å². The van der Waals surface area contributed by atoms with Crippen LogP contribution in [0.1, 0.15) is 29.0 Å². The Bertz CT molecular complexity index is 1570. The zero-order chi connectivity index (χ0) is 27.1. The number of nitrogens with one attached hydrogen (secondary N) is 2. The molecule has 38 heavy (non-hydrogen) atoms. The quantitative estimate of drug-likeness (QED) is 0.308. The van der Waals surface area contributed by atoms with Gasteiger partial charge in [-0.05, 0) is 78.9 Å². The number of pyridine rings is 1. The SMILES string of the molecule is CS(=O)(=O)Nc1ccc(N2C(=S)N[C@@H](c3ccccn3)[C@H]2c2cccn2-c2cccc(C(F)(F)F)c2)cc1. The first kappa shape index (κ1) is 25.7. The minimum Gasteiger partial charge on any atom is -0.351 e. The third kappa shape index (κ3) is 5.22. The minimum absolute atomic E-state index is 0.352. The highest BCUT2D eigenvalue weighted by Gasteiger charge is 2.42. The van der Waals surface area contributed by atoms with Crippen LogP contribution in [0.25, 0.3) is 5.69 Å². The third-order valence-electron chi connectivity index (χ3n) is 6.08. The van der Waals surface area contributed by atoms with E-state index in [0.29, 0.717) is 33.6 Å². The summed E-state index contributed by atoms with van der Waals surface area (Å²) in [6.07, 6.45) is -0.0454. The van der Waals surface area contributed by atoms with Crippen molar-refractivity contribution < 1.29 is 21.6 Å². The van der Waals surface area contributed by atoms with Gasteiger partial charge in [-0.25, -0.2) is 8.42 Å². The molecule has 1 saturated heterocycles. The smallest absolute Gasteiger partial charge is 0.351 e. The van der Waals surface area contributed by atoms with Gasteiger partial charge in [0.05, 0.1) is 23.6 Å². The number of hydrogen-bond acceptors (Lipinski definition) is 4. The van der Waals surface area contributed by atoms with Gasteiger partial charge in [0.15, 0.2) is 5.11 Å². The van der Waals surface area contributed by atoms with Crippen molar-refractivity contribution in [2.45, 2.75) is 18.3 Å². The van der Waals surface area contributed by atoms with Gasteiger partial charge in [0.1, 0.15) is 6.04 Å². The number of rotatable bonds is 6. The van der Waals surface area contributed by atoms with Gasteiger partial charge in [-0.2, -0.15) is 13.2 Å². The van der Waals surface area contributed by atoms with Gasteiger partial charge >= 0.3 is 6.18 Å². The zero-order valence-electron chi connectivity index (χ0n) is 19.9. The third-order valence-corrected chi connectivity index (χ3v) is 7.00. The van der Waals surface area contributed by atoms with Crippen molar-refractivity contribution in [2.75, 3.05) is 15.9 Å². The van der Waals surface area contributed by atoms with Gasteiger partial charge in [0.25, 0.3) is 0 Å². The van der Waals surface area contributed by atoms with Crippen LogP contribution < -0.4 is 14.9 Å². The monoisotopic (exact) mass is 557 g/mol. The molecule has 4 aromatic rings. The molecule has 0 saturated carbocycles. The average molecular weight is 558 g/mol. The number of hydrogen-bond donors (Lipinski definition) is 2.